The van der Waals surface area contributed by atoms with Crippen LogP contribution >= 0.6 is 0 Å². The molecule has 1 atom stereocenters. The van der Waals surface area contributed by atoms with Crippen LogP contribution in [-0.2, 0) is 11.2 Å². The van der Waals surface area contributed by atoms with Gasteiger partial charge in [-0.15, -0.1) is 0 Å². The van der Waals surface area contributed by atoms with E-state index < -0.39 is 5.81 Å². The van der Waals surface area contributed by atoms with Gasteiger partial charge in [0.1, 0.15) is 0 Å². The van der Waals surface area contributed by atoms with Crippen molar-refractivity contribution < 1.29 is 9.59 Å². The lowest BCUT2D eigenvalue weighted by Crippen LogP contribution is -2.35. The Morgan fingerprint density at radius 3 is 2.81 bits per heavy atom. The number of rotatable bonds is 6. The molecule has 2 rings (SSSR count). The number of hydrogen-bond donors (Lipinski definition) is 1. The summed E-state index contributed by atoms with van der Waals surface area (Å²) in [6.07, 6.45) is 4.09. The molecule has 5 heteroatoms. The van der Waals surface area contributed by atoms with Crippen LogP contribution in [0.5, 0.6) is 0 Å². The van der Waals surface area contributed by atoms with E-state index in [0.29, 0.717) is 13.0 Å². The number of para-hydroxylation sites is 1. The van der Waals surface area contributed by atoms with Crippen molar-refractivity contribution in [3.05, 3.63) is 29.8 Å². The molecule has 1 aromatic carbocycles. The normalized spacial score (nSPS) is 16.6. The molecule has 0 saturated carbocycles. The second-order valence-corrected chi connectivity index (χ2v) is 5.55. The summed E-state index contributed by atoms with van der Waals surface area (Å²) in [5.74, 6) is -0.302. The van der Waals surface area contributed by atoms with Gasteiger partial charge < -0.3 is 10.2 Å². The molecule has 1 unspecified atom stereocenters. The molecule has 4 nitrogen and oxygen atoms in total. The maximum absolute atomic E-state index is 12.4. The second kappa shape index (κ2) is 7.30. The number of carbonyl (C=O) groups excluding carboxylic acids is 2. The highest BCUT2D eigenvalue weighted by atomic mass is 16.2. The molecule has 1 aliphatic rings. The Kier molecular flexibility index (Phi) is 5.42. The first-order chi connectivity index (χ1) is 10.1. The van der Waals surface area contributed by atoms with Gasteiger partial charge in [0.05, 0.1) is 0 Å². The van der Waals surface area contributed by atoms with Crippen LogP contribution in [0.3, 0.4) is 0 Å². The van der Waals surface area contributed by atoms with Crippen molar-refractivity contribution in [1.29, 1.82) is 0 Å². The Balaban J connectivity index is 1.77. The molecule has 0 aromatic heterocycles. The van der Waals surface area contributed by atoms with Crippen LogP contribution in [-0.4, -0.2) is 32.1 Å². The van der Waals surface area contributed by atoms with E-state index in [1.54, 1.807) is 0 Å². The van der Waals surface area contributed by atoms with Crippen molar-refractivity contribution in [2.45, 2.75) is 45.1 Å². The number of amides is 2. The molecular formula is C16H21BN2O2. The van der Waals surface area contributed by atoms with E-state index >= 15 is 0 Å². The Hall–Kier alpha value is -1.78. The maximum Gasteiger partial charge on any atom is 0.227 e. The van der Waals surface area contributed by atoms with Crippen molar-refractivity contribution in [1.82, 2.24) is 5.32 Å². The fraction of sp³-hybridized carbons (Fsp3) is 0.500. The zero-order valence-corrected chi connectivity index (χ0v) is 12.5. The van der Waals surface area contributed by atoms with Crippen LogP contribution in [0.4, 0.5) is 10.5 Å². The van der Waals surface area contributed by atoms with Gasteiger partial charge in [0.15, 0.2) is 13.7 Å². The van der Waals surface area contributed by atoms with Gasteiger partial charge in [-0.05, 0) is 37.8 Å². The highest BCUT2D eigenvalue weighted by Gasteiger charge is 2.29. The van der Waals surface area contributed by atoms with Crippen molar-refractivity contribution in [2.24, 2.45) is 0 Å². The Labute approximate surface area is 127 Å². The number of carbonyl (C=O) groups is 2. The molecule has 21 heavy (non-hydrogen) atoms. The monoisotopic (exact) mass is 284 g/mol. The third-order valence-electron chi connectivity index (χ3n) is 3.84. The molecule has 110 valence electrons. The fourth-order valence-corrected chi connectivity index (χ4v) is 2.86. The molecule has 0 aliphatic carbocycles. The van der Waals surface area contributed by atoms with E-state index in [4.69, 9.17) is 7.85 Å². The SMILES string of the molecule is [B]C(=O)NCCCCCC(=O)N1c2ccccc2CC1C. The van der Waals surface area contributed by atoms with Gasteiger partial charge in [-0.3, -0.25) is 9.59 Å². The Morgan fingerprint density at radius 2 is 2.05 bits per heavy atom. The third-order valence-corrected chi connectivity index (χ3v) is 3.84. The first kappa shape index (κ1) is 15.6. The number of nitrogens with zero attached hydrogens (tertiary/aromatic N) is 1. The average Bonchev–Trinajstić information content (AvgIpc) is 2.78. The molecule has 0 spiro atoms. The lowest BCUT2D eigenvalue weighted by atomic mass is 10.1. The number of unbranched alkanes of at least 4 members (excludes halogenated alkanes) is 2. The number of nitrogens with one attached hydrogen (secondary N) is 1. The van der Waals surface area contributed by atoms with Gasteiger partial charge in [-0.1, -0.05) is 24.6 Å². The number of anilines is 1. The van der Waals surface area contributed by atoms with Crippen LogP contribution in [0.2, 0.25) is 0 Å². The predicted octanol–water partition coefficient (Wildman–Crippen LogP) is 2.40. The number of benzene rings is 1. The molecule has 1 aliphatic heterocycles. The summed E-state index contributed by atoms with van der Waals surface area (Å²) in [6, 6.07) is 8.35. The molecule has 0 fully saturated rings. The maximum atomic E-state index is 12.4. The lowest BCUT2D eigenvalue weighted by Gasteiger charge is -2.22. The molecular weight excluding hydrogens is 263 g/mol. The van der Waals surface area contributed by atoms with E-state index in [-0.39, 0.29) is 11.9 Å². The van der Waals surface area contributed by atoms with Gasteiger partial charge in [0.25, 0.3) is 0 Å². The topological polar surface area (TPSA) is 49.4 Å². The summed E-state index contributed by atoms with van der Waals surface area (Å²) < 4.78 is 0. The minimum Gasteiger partial charge on any atom is -0.366 e. The Morgan fingerprint density at radius 1 is 1.29 bits per heavy atom. The summed E-state index contributed by atoms with van der Waals surface area (Å²) in [5.41, 5.74) is 2.31. The predicted molar refractivity (Wildman–Crippen MR) is 84.7 cm³/mol. The van der Waals surface area contributed by atoms with E-state index in [1.807, 2.05) is 23.1 Å². The summed E-state index contributed by atoms with van der Waals surface area (Å²) in [5, 5.41) is 2.55. The number of fused-ring (bicyclic) bond motifs is 1. The summed E-state index contributed by atoms with van der Waals surface area (Å²) >= 11 is 0. The van der Waals surface area contributed by atoms with Gasteiger partial charge in [0.2, 0.25) is 5.91 Å². The van der Waals surface area contributed by atoms with Crippen LogP contribution in [0, 0.1) is 0 Å². The molecule has 1 heterocycles. The minimum atomic E-state index is -0.492. The van der Waals surface area contributed by atoms with E-state index in [0.717, 1.165) is 31.4 Å². The zero-order chi connectivity index (χ0) is 15.2. The zero-order valence-electron chi connectivity index (χ0n) is 12.5. The van der Waals surface area contributed by atoms with Gasteiger partial charge >= 0.3 is 0 Å². The number of hydrogen-bond acceptors (Lipinski definition) is 2. The van der Waals surface area contributed by atoms with Gasteiger partial charge in [-0.25, -0.2) is 0 Å². The van der Waals surface area contributed by atoms with Crippen LogP contribution in [0.25, 0.3) is 0 Å². The minimum absolute atomic E-state index is 0.190. The van der Waals surface area contributed by atoms with E-state index in [2.05, 4.69) is 18.3 Å². The standard InChI is InChI=1S/C16H21BN2O2/c1-12-11-13-7-4-5-8-14(13)19(12)15(20)9-3-2-6-10-18-16(17)21/h4-5,7-8,12H,2-3,6,9-11H2,1H3,(H,18,21). The van der Waals surface area contributed by atoms with E-state index in [9.17, 15) is 9.59 Å². The molecule has 2 amide bonds. The fourth-order valence-electron chi connectivity index (χ4n) is 2.86. The molecule has 1 N–H and O–H groups in total. The van der Waals surface area contributed by atoms with Gasteiger partial charge in [-0.2, -0.15) is 0 Å². The highest BCUT2D eigenvalue weighted by Crippen LogP contribution is 2.32. The van der Waals surface area contributed by atoms with Crippen molar-refractivity contribution in [2.75, 3.05) is 11.4 Å². The third kappa shape index (κ3) is 4.10. The van der Waals surface area contributed by atoms with Crippen molar-refractivity contribution in [3.8, 4) is 0 Å². The quantitative estimate of drug-likeness (QED) is 0.644. The largest absolute Gasteiger partial charge is 0.366 e. The summed E-state index contributed by atoms with van der Waals surface area (Å²) in [4.78, 5) is 24.8. The van der Waals surface area contributed by atoms with Crippen LogP contribution < -0.4 is 10.2 Å². The van der Waals surface area contributed by atoms with Crippen molar-refractivity contribution >= 4 is 25.2 Å². The smallest absolute Gasteiger partial charge is 0.227 e. The first-order valence-corrected chi connectivity index (χ1v) is 7.53. The molecule has 0 saturated heterocycles. The van der Waals surface area contributed by atoms with Crippen LogP contribution in [0.15, 0.2) is 24.3 Å². The van der Waals surface area contributed by atoms with E-state index in [1.165, 1.54) is 5.56 Å². The molecule has 1 aromatic rings. The van der Waals surface area contributed by atoms with Gasteiger partial charge in [0, 0.05) is 24.7 Å². The van der Waals surface area contributed by atoms with Crippen LogP contribution in [0.1, 0.15) is 38.2 Å². The first-order valence-electron chi connectivity index (χ1n) is 7.53. The summed E-state index contributed by atoms with van der Waals surface area (Å²) in [6.45, 7) is 2.67. The van der Waals surface area contributed by atoms with Crippen molar-refractivity contribution in [3.63, 3.8) is 0 Å². The highest BCUT2D eigenvalue weighted by molar-refractivity contribution is 6.57. The molecule has 0 bridgehead atoms. The molecule has 2 radical (unpaired) electrons. The summed E-state index contributed by atoms with van der Waals surface area (Å²) in [7, 11) is 4.99. The Bertz CT molecular complexity index is 519. The lowest BCUT2D eigenvalue weighted by molar-refractivity contribution is -0.119. The average molecular weight is 284 g/mol. The second-order valence-electron chi connectivity index (χ2n) is 5.55.